The van der Waals surface area contributed by atoms with Gasteiger partial charge in [0.1, 0.15) is 29.4 Å². The molecule has 2 aromatic carbocycles. The van der Waals surface area contributed by atoms with E-state index in [1.54, 1.807) is 0 Å². The molecule has 0 fully saturated rings. The van der Waals surface area contributed by atoms with Gasteiger partial charge in [-0.15, -0.1) is 0 Å². The molecular weight excluding hydrogens is 649 g/mol. The third-order valence-electron chi connectivity index (χ3n) is 4.21. The van der Waals surface area contributed by atoms with Gasteiger partial charge in [-0.1, -0.05) is 30.3 Å². The number of hydrogen-bond donors (Lipinski definition) is 6. The molecule has 0 unspecified atom stereocenters. The van der Waals surface area contributed by atoms with Crippen molar-refractivity contribution in [1.82, 2.24) is 0 Å². The third-order valence-corrected chi connectivity index (χ3v) is 10.3. The van der Waals surface area contributed by atoms with Crippen LogP contribution in [0.5, 0.6) is 0 Å². The van der Waals surface area contributed by atoms with Gasteiger partial charge in [0, 0.05) is 5.56 Å². The van der Waals surface area contributed by atoms with Crippen LogP contribution >= 0.6 is 0 Å². The lowest BCUT2D eigenvalue weighted by Gasteiger charge is -2.19. The Kier molecular flexibility index (Phi) is 8.11. The lowest BCUT2D eigenvalue weighted by atomic mass is 10.1. The van der Waals surface area contributed by atoms with Gasteiger partial charge in [-0.2, -0.15) is 50.5 Å². The van der Waals surface area contributed by atoms with Crippen molar-refractivity contribution in [2.24, 2.45) is 0 Å². The van der Waals surface area contributed by atoms with Crippen molar-refractivity contribution in [2.45, 2.75) is 19.6 Å². The first kappa shape index (κ1) is 31.9. The molecule has 18 nitrogen and oxygen atoms in total. The Morgan fingerprint density at radius 2 is 0.868 bits per heavy atom. The summed E-state index contributed by atoms with van der Waals surface area (Å²) in [5.74, 6) is 0. The van der Waals surface area contributed by atoms with E-state index in [1.165, 1.54) is 6.07 Å². The second-order valence-corrected chi connectivity index (χ2v) is 15.0. The highest BCUT2D eigenvalue weighted by atomic mass is 32.2. The summed E-state index contributed by atoms with van der Waals surface area (Å²) in [7, 11) is -37.8. The maximum atomic E-state index is 12.3. The summed E-state index contributed by atoms with van der Waals surface area (Å²) in [5.41, 5.74) is -3.14. The van der Waals surface area contributed by atoms with Gasteiger partial charge in [0.25, 0.3) is 60.7 Å². The number of benzene rings is 2. The van der Waals surface area contributed by atoms with Crippen LogP contribution in [0.15, 0.2) is 56.0 Å². The van der Waals surface area contributed by atoms with Crippen molar-refractivity contribution < 1.29 is 77.8 Å². The van der Waals surface area contributed by atoms with E-state index in [1.807, 2.05) is 0 Å². The molecule has 2 rings (SSSR count). The van der Waals surface area contributed by atoms with E-state index in [0.717, 1.165) is 12.1 Å². The van der Waals surface area contributed by atoms with Crippen LogP contribution in [0.1, 0.15) is 11.1 Å². The van der Waals surface area contributed by atoms with Crippen LogP contribution in [0.4, 0.5) is 0 Å². The van der Waals surface area contributed by atoms with Gasteiger partial charge in [0.05, 0.1) is 0 Å². The van der Waals surface area contributed by atoms with Crippen molar-refractivity contribution in [3.8, 4) is 0 Å². The molecule has 24 heteroatoms. The monoisotopic (exact) mass is 660 g/mol. The SMILES string of the molecule is O=S(=O)(O)C(=C(c1cc(S(=O)(=O)O)c(S(=O)(=O)O)c(S(=O)(=O)O)c1S(=O)(=O)O)S(=O)(=O)O)c1ccccc1. The minimum Gasteiger partial charge on any atom is -0.282 e. The average molecular weight is 661 g/mol. The van der Waals surface area contributed by atoms with E-state index in [2.05, 4.69) is 0 Å². The Morgan fingerprint density at radius 3 is 1.18 bits per heavy atom. The van der Waals surface area contributed by atoms with Gasteiger partial charge in [-0.25, -0.2) is 0 Å². The minimum absolute atomic E-state index is 0.590. The quantitative estimate of drug-likeness (QED) is 0.150. The second-order valence-electron chi connectivity index (χ2n) is 6.78. The van der Waals surface area contributed by atoms with E-state index in [4.69, 9.17) is 0 Å². The summed E-state index contributed by atoms with van der Waals surface area (Å²) >= 11 is 0. The molecule has 2 aromatic rings. The lowest BCUT2D eigenvalue weighted by molar-refractivity contribution is 0.446. The fourth-order valence-electron chi connectivity index (χ4n) is 3.06. The molecule has 6 N–H and O–H groups in total. The highest BCUT2D eigenvalue weighted by Crippen LogP contribution is 2.43. The maximum Gasteiger partial charge on any atom is 0.297 e. The van der Waals surface area contributed by atoms with Crippen LogP contribution < -0.4 is 0 Å². The Labute approximate surface area is 214 Å². The van der Waals surface area contributed by atoms with Gasteiger partial charge >= 0.3 is 0 Å². The van der Waals surface area contributed by atoms with E-state index in [0.29, 0.717) is 12.1 Å². The molecule has 0 aliphatic carbocycles. The zero-order valence-corrected chi connectivity index (χ0v) is 22.4. The summed E-state index contributed by atoms with van der Waals surface area (Å²) in [6.07, 6.45) is 0. The number of hydrogen-bond acceptors (Lipinski definition) is 12. The van der Waals surface area contributed by atoms with Gasteiger partial charge in [-0.3, -0.25) is 27.3 Å². The predicted octanol–water partition coefficient (Wildman–Crippen LogP) is -0.725. The Bertz CT molecular complexity index is 2020. The maximum absolute atomic E-state index is 12.3. The summed E-state index contributed by atoms with van der Waals surface area (Å²) in [6.45, 7) is 0. The molecule has 0 bridgehead atoms. The Balaban J connectivity index is 3.75. The molecular formula is C14H12O18S6. The van der Waals surface area contributed by atoms with Crippen molar-refractivity contribution >= 4 is 70.5 Å². The van der Waals surface area contributed by atoms with Gasteiger partial charge in [0.15, 0.2) is 0 Å². The molecule has 0 aliphatic heterocycles. The van der Waals surface area contributed by atoms with Crippen LogP contribution in [0, 0.1) is 0 Å². The standard InChI is InChI=1S/C14H12O18S6/c15-33(16,17)9-6-8(12(36(24,25)26)14(38(30,31)32)13(9)37(27,28)29)11(35(21,22)23)10(34(18,19)20)7-4-2-1-3-5-7/h1-6H,(H,15,16,17)(H,18,19,20)(H,21,22,23)(H,24,25,26)(H,27,28,29)(H,30,31,32). The van der Waals surface area contributed by atoms with E-state index < -0.39 is 107 Å². The zero-order valence-electron chi connectivity index (χ0n) is 17.5. The highest BCUT2D eigenvalue weighted by molar-refractivity contribution is 8.01. The van der Waals surface area contributed by atoms with Crippen molar-refractivity contribution in [1.29, 1.82) is 0 Å². The molecule has 0 atom stereocenters. The molecule has 212 valence electrons. The molecule has 0 spiro atoms. The highest BCUT2D eigenvalue weighted by Gasteiger charge is 2.44. The van der Waals surface area contributed by atoms with Crippen molar-refractivity contribution in [3.05, 3.63) is 47.5 Å². The third kappa shape index (κ3) is 6.61. The lowest BCUT2D eigenvalue weighted by Crippen LogP contribution is -2.22. The van der Waals surface area contributed by atoms with Gasteiger partial charge < -0.3 is 0 Å². The first-order valence-corrected chi connectivity index (χ1v) is 17.2. The van der Waals surface area contributed by atoms with Crippen LogP contribution in [-0.4, -0.2) is 77.8 Å². The van der Waals surface area contributed by atoms with E-state index in [-0.39, 0.29) is 0 Å². The van der Waals surface area contributed by atoms with E-state index in [9.17, 15) is 77.8 Å². The van der Waals surface area contributed by atoms with Crippen LogP contribution in [0.3, 0.4) is 0 Å². The van der Waals surface area contributed by atoms with Crippen molar-refractivity contribution in [3.63, 3.8) is 0 Å². The summed E-state index contributed by atoms with van der Waals surface area (Å²) < 4.78 is 203. The summed E-state index contributed by atoms with van der Waals surface area (Å²) in [5, 5.41) is 0. The molecule has 0 aromatic heterocycles. The van der Waals surface area contributed by atoms with Crippen LogP contribution in [0.25, 0.3) is 9.81 Å². The second kappa shape index (κ2) is 9.68. The molecule has 0 saturated heterocycles. The average Bonchev–Trinajstić information content (AvgIpc) is 2.66. The first-order chi connectivity index (χ1) is 16.7. The van der Waals surface area contributed by atoms with Crippen LogP contribution in [0.2, 0.25) is 0 Å². The summed E-state index contributed by atoms with van der Waals surface area (Å²) in [4.78, 5) is -14.8. The molecule has 0 amide bonds. The van der Waals surface area contributed by atoms with Crippen molar-refractivity contribution in [2.75, 3.05) is 0 Å². The van der Waals surface area contributed by atoms with Crippen LogP contribution in [-0.2, 0) is 60.7 Å². The smallest absolute Gasteiger partial charge is 0.282 e. The Morgan fingerprint density at radius 1 is 0.474 bits per heavy atom. The number of rotatable bonds is 8. The zero-order chi connectivity index (χ0) is 29.9. The largest absolute Gasteiger partial charge is 0.297 e. The molecule has 0 heterocycles. The fourth-order valence-corrected chi connectivity index (χ4v) is 10.1. The molecule has 0 aliphatic rings. The molecule has 0 saturated carbocycles. The molecule has 0 radical (unpaired) electrons. The Hall–Kier alpha value is -2.36. The fraction of sp³-hybridized carbons (Fsp3) is 0. The van der Waals surface area contributed by atoms with Gasteiger partial charge in [-0.05, 0) is 11.6 Å². The predicted molar refractivity (Wildman–Crippen MR) is 122 cm³/mol. The first-order valence-electron chi connectivity index (χ1n) is 8.56. The minimum atomic E-state index is -6.51. The van der Waals surface area contributed by atoms with Gasteiger partial charge in [0.2, 0.25) is 0 Å². The topological polar surface area (TPSA) is 326 Å². The molecule has 38 heavy (non-hydrogen) atoms. The normalized spacial score (nSPS) is 14.7. The van der Waals surface area contributed by atoms with E-state index >= 15 is 0 Å². The summed E-state index contributed by atoms with van der Waals surface area (Å²) in [6, 6.07) is 3.99.